The summed E-state index contributed by atoms with van der Waals surface area (Å²) in [6.45, 7) is 3.89. The van der Waals surface area contributed by atoms with E-state index in [2.05, 4.69) is 5.32 Å². The third-order valence-electron chi connectivity index (χ3n) is 3.95. The fourth-order valence-corrected chi connectivity index (χ4v) is 3.09. The van der Waals surface area contributed by atoms with E-state index in [1.165, 1.54) is 0 Å². The van der Waals surface area contributed by atoms with Gasteiger partial charge in [0.1, 0.15) is 19.0 Å². The number of rotatable bonds is 6. The molecule has 1 amide bonds. The summed E-state index contributed by atoms with van der Waals surface area (Å²) in [5.74, 6) is 0.640. The highest BCUT2D eigenvalue weighted by Gasteiger charge is 2.14. The quantitative estimate of drug-likeness (QED) is 0.742. The van der Waals surface area contributed by atoms with E-state index in [0.717, 1.165) is 11.1 Å². The van der Waals surface area contributed by atoms with E-state index in [-0.39, 0.29) is 6.61 Å². The van der Waals surface area contributed by atoms with E-state index in [1.807, 2.05) is 13.8 Å². The average molecular weight is 406 g/mol. The number of hydrogen-bond donors (Lipinski definition) is 1. The molecule has 1 heterocycles. The number of carbonyl (C=O) groups is 2. The van der Waals surface area contributed by atoms with E-state index in [1.54, 1.807) is 30.3 Å². The molecule has 148 valence electrons. The minimum atomic E-state index is -0.647. The van der Waals surface area contributed by atoms with Crippen molar-refractivity contribution in [3.63, 3.8) is 0 Å². The van der Waals surface area contributed by atoms with Crippen LogP contribution in [-0.4, -0.2) is 38.3 Å². The molecule has 2 aromatic rings. The molecule has 1 N–H and O–H groups in total. The normalized spacial score (nSPS) is 12.2. The second kappa shape index (κ2) is 8.84. The lowest BCUT2D eigenvalue weighted by Crippen LogP contribution is -2.24. The predicted octanol–water partition coefficient (Wildman–Crippen LogP) is 3.29. The lowest BCUT2D eigenvalue weighted by atomic mass is 10.1. The summed E-state index contributed by atoms with van der Waals surface area (Å²) in [5.41, 5.74) is 2.15. The van der Waals surface area contributed by atoms with Crippen LogP contribution in [0.5, 0.6) is 17.2 Å². The number of fused-ring (bicyclic) bond motifs is 1. The van der Waals surface area contributed by atoms with E-state index in [4.69, 9.17) is 30.5 Å². The summed E-state index contributed by atoms with van der Waals surface area (Å²) < 4.78 is 21.3. The van der Waals surface area contributed by atoms with Gasteiger partial charge >= 0.3 is 5.97 Å². The topological polar surface area (TPSA) is 83.1 Å². The van der Waals surface area contributed by atoms with Crippen LogP contribution in [0.15, 0.2) is 30.3 Å². The lowest BCUT2D eigenvalue weighted by molar-refractivity contribution is -0.149. The highest BCUT2D eigenvalue weighted by atomic mass is 35.5. The summed E-state index contributed by atoms with van der Waals surface area (Å²) in [6, 6.07) is 8.54. The zero-order valence-electron chi connectivity index (χ0n) is 15.5. The van der Waals surface area contributed by atoms with Gasteiger partial charge in [-0.1, -0.05) is 11.6 Å². The third kappa shape index (κ3) is 5.07. The van der Waals surface area contributed by atoms with Crippen LogP contribution in [0.2, 0.25) is 5.02 Å². The minimum absolute atomic E-state index is 0.305. The Balaban J connectivity index is 1.46. The van der Waals surface area contributed by atoms with Crippen LogP contribution in [0.4, 0.5) is 5.69 Å². The second-order valence-corrected chi connectivity index (χ2v) is 6.66. The summed E-state index contributed by atoms with van der Waals surface area (Å²) in [6.07, 6.45) is 0. The fraction of sp³-hybridized carbons (Fsp3) is 0.300. The minimum Gasteiger partial charge on any atom is -0.486 e. The van der Waals surface area contributed by atoms with Gasteiger partial charge in [-0.05, 0) is 49.2 Å². The van der Waals surface area contributed by atoms with Gasteiger partial charge in [-0.25, -0.2) is 4.79 Å². The Labute approximate surface area is 167 Å². The number of anilines is 1. The van der Waals surface area contributed by atoms with Crippen LogP contribution < -0.4 is 19.5 Å². The van der Waals surface area contributed by atoms with Gasteiger partial charge in [0.25, 0.3) is 5.91 Å². The number of aryl methyl sites for hydroxylation is 2. The SMILES string of the molecule is Cc1cc(Cl)cc(C)c1OCC(=O)OCC(=O)Nc1ccc2c(c1)OCCO2. The second-order valence-electron chi connectivity index (χ2n) is 6.22. The number of carbonyl (C=O) groups excluding carboxylic acids is 2. The molecule has 1 aliphatic heterocycles. The van der Waals surface area contributed by atoms with Crippen LogP contribution in [0.1, 0.15) is 11.1 Å². The largest absolute Gasteiger partial charge is 0.486 e. The Morgan fingerprint density at radius 2 is 1.71 bits per heavy atom. The number of ether oxygens (including phenoxy) is 4. The maximum absolute atomic E-state index is 12.0. The molecule has 0 saturated heterocycles. The molecular formula is C20H20ClNO6. The highest BCUT2D eigenvalue weighted by Crippen LogP contribution is 2.32. The van der Waals surface area contributed by atoms with Gasteiger partial charge in [-0.15, -0.1) is 0 Å². The van der Waals surface area contributed by atoms with E-state index >= 15 is 0 Å². The van der Waals surface area contributed by atoms with E-state index < -0.39 is 18.5 Å². The number of amides is 1. The Morgan fingerprint density at radius 3 is 2.43 bits per heavy atom. The van der Waals surface area contributed by atoms with Gasteiger partial charge < -0.3 is 24.3 Å². The van der Waals surface area contributed by atoms with Gasteiger partial charge in [0.05, 0.1) is 0 Å². The molecule has 1 aliphatic rings. The first kappa shape index (κ1) is 19.8. The lowest BCUT2D eigenvalue weighted by Gasteiger charge is -2.19. The summed E-state index contributed by atoms with van der Waals surface area (Å²) >= 11 is 5.97. The Morgan fingerprint density at radius 1 is 1.04 bits per heavy atom. The number of esters is 1. The van der Waals surface area contributed by atoms with Crippen LogP contribution >= 0.6 is 11.6 Å². The molecule has 7 nitrogen and oxygen atoms in total. The first-order chi connectivity index (χ1) is 13.4. The van der Waals surface area contributed by atoms with Crippen molar-refractivity contribution in [2.75, 3.05) is 31.7 Å². The van der Waals surface area contributed by atoms with Gasteiger partial charge in [-0.2, -0.15) is 0 Å². The van der Waals surface area contributed by atoms with Crippen molar-refractivity contribution < 1.29 is 28.5 Å². The summed E-state index contributed by atoms with van der Waals surface area (Å²) in [4.78, 5) is 23.9. The molecule has 28 heavy (non-hydrogen) atoms. The smallest absolute Gasteiger partial charge is 0.344 e. The van der Waals surface area contributed by atoms with Gasteiger partial charge in [0.2, 0.25) is 0 Å². The molecule has 0 aromatic heterocycles. The average Bonchev–Trinajstić information content (AvgIpc) is 2.65. The number of nitrogens with one attached hydrogen (secondary N) is 1. The van der Waals surface area contributed by atoms with Crippen molar-refractivity contribution in [1.29, 1.82) is 0 Å². The first-order valence-electron chi connectivity index (χ1n) is 8.67. The number of halogens is 1. The van der Waals surface area contributed by atoms with Crippen LogP contribution in [-0.2, 0) is 14.3 Å². The molecule has 0 spiro atoms. The molecule has 0 radical (unpaired) electrons. The molecule has 0 aliphatic carbocycles. The molecule has 0 unspecified atom stereocenters. The maximum atomic E-state index is 12.0. The Hall–Kier alpha value is -2.93. The first-order valence-corrected chi connectivity index (χ1v) is 9.05. The van der Waals surface area contributed by atoms with Crippen molar-refractivity contribution in [3.8, 4) is 17.2 Å². The zero-order chi connectivity index (χ0) is 20.1. The number of benzene rings is 2. The van der Waals surface area contributed by atoms with Crippen molar-refractivity contribution in [2.24, 2.45) is 0 Å². The van der Waals surface area contributed by atoms with Crippen LogP contribution in [0.3, 0.4) is 0 Å². The predicted molar refractivity (Wildman–Crippen MR) is 103 cm³/mol. The summed E-state index contributed by atoms with van der Waals surface area (Å²) in [5, 5.41) is 3.24. The van der Waals surface area contributed by atoms with E-state index in [9.17, 15) is 9.59 Å². The monoisotopic (exact) mass is 405 g/mol. The van der Waals surface area contributed by atoms with Crippen molar-refractivity contribution in [3.05, 3.63) is 46.5 Å². The molecule has 3 rings (SSSR count). The van der Waals surface area contributed by atoms with E-state index in [0.29, 0.717) is 41.2 Å². The molecule has 0 saturated carbocycles. The standard InChI is InChI=1S/C20H20ClNO6/c1-12-7-14(21)8-13(2)20(12)28-11-19(24)27-10-18(23)22-15-3-4-16-17(9-15)26-6-5-25-16/h3-4,7-9H,5-6,10-11H2,1-2H3,(H,22,23). The highest BCUT2D eigenvalue weighted by molar-refractivity contribution is 6.30. The molecule has 0 atom stereocenters. The van der Waals surface area contributed by atoms with Crippen molar-refractivity contribution in [1.82, 2.24) is 0 Å². The number of hydrogen-bond acceptors (Lipinski definition) is 6. The maximum Gasteiger partial charge on any atom is 0.344 e. The fourth-order valence-electron chi connectivity index (χ4n) is 2.76. The molecule has 0 bridgehead atoms. The van der Waals surface area contributed by atoms with Crippen molar-refractivity contribution >= 4 is 29.2 Å². The molecular weight excluding hydrogens is 386 g/mol. The van der Waals surface area contributed by atoms with Gasteiger partial charge in [0, 0.05) is 16.8 Å². The third-order valence-corrected chi connectivity index (χ3v) is 4.17. The molecule has 8 heteroatoms. The van der Waals surface area contributed by atoms with Crippen LogP contribution in [0, 0.1) is 13.8 Å². The molecule has 2 aromatic carbocycles. The van der Waals surface area contributed by atoms with Crippen LogP contribution in [0.25, 0.3) is 0 Å². The summed E-state index contributed by atoms with van der Waals surface area (Å²) in [7, 11) is 0. The van der Waals surface area contributed by atoms with Gasteiger partial charge in [-0.3, -0.25) is 4.79 Å². The Kier molecular flexibility index (Phi) is 6.26. The van der Waals surface area contributed by atoms with Gasteiger partial charge in [0.15, 0.2) is 24.7 Å². The van der Waals surface area contributed by atoms with Crippen molar-refractivity contribution in [2.45, 2.75) is 13.8 Å². The Bertz CT molecular complexity index is 875. The zero-order valence-corrected chi connectivity index (χ0v) is 16.3. The molecule has 0 fully saturated rings.